The molecule has 0 atom stereocenters. The molecule has 0 spiro atoms. The maximum atomic E-state index is 13.1. The highest BCUT2D eigenvalue weighted by molar-refractivity contribution is 5.97. The normalized spacial score (nSPS) is 11.0. The first-order chi connectivity index (χ1) is 9.88. The molecule has 0 aromatic heterocycles. The van der Waals surface area contributed by atoms with Gasteiger partial charge >= 0.3 is 0 Å². The van der Waals surface area contributed by atoms with Gasteiger partial charge in [-0.1, -0.05) is 38.1 Å². The van der Waals surface area contributed by atoms with Crippen molar-refractivity contribution in [3.63, 3.8) is 0 Å². The zero-order chi connectivity index (χ0) is 15.6. The van der Waals surface area contributed by atoms with Crippen LogP contribution in [0.1, 0.15) is 41.3 Å². The number of Topliss-reactive ketones (excluding diaryl/α,β-unsaturated/α-hetero) is 1. The molecule has 0 aliphatic rings. The molecule has 1 nitrogen and oxygen atoms in total. The Balaban J connectivity index is 2.18. The molecule has 2 aromatic rings. The molecule has 0 N–H and O–H groups in total. The first kappa shape index (κ1) is 15.3. The Morgan fingerprint density at radius 1 is 1.00 bits per heavy atom. The Hall–Kier alpha value is -2.10. The van der Waals surface area contributed by atoms with E-state index in [1.165, 1.54) is 0 Å². The highest BCUT2D eigenvalue weighted by Gasteiger charge is 2.15. The predicted octanol–water partition coefficient (Wildman–Crippen LogP) is 4.65. The van der Waals surface area contributed by atoms with Gasteiger partial charge in [0.05, 0.1) is 0 Å². The third-order valence-corrected chi connectivity index (χ3v) is 3.32. The fraction of sp³-hybridized carbons (Fsp3) is 0.235. The molecule has 0 saturated heterocycles. The Bertz CT molecular complexity index is 637. The van der Waals surface area contributed by atoms with Crippen molar-refractivity contribution in [1.82, 2.24) is 0 Å². The number of carbonyl (C=O) groups is 1. The van der Waals surface area contributed by atoms with Crippen LogP contribution >= 0.6 is 0 Å². The van der Waals surface area contributed by atoms with Crippen molar-refractivity contribution in [3.8, 4) is 0 Å². The van der Waals surface area contributed by atoms with Gasteiger partial charge in [-0.2, -0.15) is 0 Å². The van der Waals surface area contributed by atoms with Gasteiger partial charge in [-0.3, -0.25) is 4.79 Å². The number of halogens is 3. The number of rotatable bonds is 4. The topological polar surface area (TPSA) is 17.1 Å². The van der Waals surface area contributed by atoms with Crippen molar-refractivity contribution >= 4 is 5.78 Å². The summed E-state index contributed by atoms with van der Waals surface area (Å²) in [6, 6.07) is 8.90. The molecular formula is C17H15F3O. The smallest absolute Gasteiger partial charge is 0.194 e. The van der Waals surface area contributed by atoms with Crippen LogP contribution in [-0.4, -0.2) is 5.78 Å². The molecule has 0 aliphatic heterocycles. The molecule has 0 bridgehead atoms. The largest absolute Gasteiger partial charge is 0.294 e. The number of benzene rings is 2. The molecule has 4 heteroatoms. The summed E-state index contributed by atoms with van der Waals surface area (Å²) in [5.41, 5.74) is 1.72. The van der Waals surface area contributed by atoms with Crippen LogP contribution in [0.2, 0.25) is 0 Å². The summed E-state index contributed by atoms with van der Waals surface area (Å²) in [7, 11) is 0. The maximum Gasteiger partial charge on any atom is 0.194 e. The monoisotopic (exact) mass is 292 g/mol. The van der Waals surface area contributed by atoms with E-state index in [1.807, 2.05) is 24.3 Å². The molecule has 110 valence electrons. The van der Waals surface area contributed by atoms with Gasteiger partial charge in [0.1, 0.15) is 0 Å². The molecular weight excluding hydrogens is 277 g/mol. The Kier molecular flexibility index (Phi) is 4.46. The molecule has 0 fully saturated rings. The third-order valence-electron chi connectivity index (χ3n) is 3.32. The number of carbonyl (C=O) groups excluding carboxylic acids is 1. The summed E-state index contributed by atoms with van der Waals surface area (Å²) in [6.07, 6.45) is 0.0168. The Morgan fingerprint density at radius 3 is 2.00 bits per heavy atom. The Labute approximate surface area is 121 Å². The van der Waals surface area contributed by atoms with Crippen molar-refractivity contribution < 1.29 is 18.0 Å². The van der Waals surface area contributed by atoms with Gasteiger partial charge in [0.15, 0.2) is 23.2 Å². The van der Waals surface area contributed by atoms with E-state index in [0.717, 1.165) is 23.3 Å². The minimum Gasteiger partial charge on any atom is -0.294 e. The van der Waals surface area contributed by atoms with E-state index < -0.39 is 23.2 Å². The van der Waals surface area contributed by atoms with E-state index >= 15 is 0 Å². The zero-order valence-corrected chi connectivity index (χ0v) is 11.8. The van der Waals surface area contributed by atoms with Crippen LogP contribution in [0.5, 0.6) is 0 Å². The summed E-state index contributed by atoms with van der Waals surface area (Å²) in [5, 5.41) is 0. The van der Waals surface area contributed by atoms with Gasteiger partial charge < -0.3 is 0 Å². The van der Waals surface area contributed by atoms with E-state index in [1.54, 1.807) is 0 Å². The quantitative estimate of drug-likeness (QED) is 0.592. The van der Waals surface area contributed by atoms with Crippen molar-refractivity contribution in [3.05, 3.63) is 70.5 Å². The summed E-state index contributed by atoms with van der Waals surface area (Å²) < 4.78 is 39.1. The van der Waals surface area contributed by atoms with Gasteiger partial charge in [-0.15, -0.1) is 0 Å². The number of hydrogen-bond acceptors (Lipinski definition) is 1. The molecule has 0 amide bonds. The lowest BCUT2D eigenvalue weighted by Crippen LogP contribution is -2.06. The van der Waals surface area contributed by atoms with E-state index in [-0.39, 0.29) is 12.0 Å². The summed E-state index contributed by atoms with van der Waals surface area (Å²) in [4.78, 5) is 12.0. The van der Waals surface area contributed by atoms with Crippen LogP contribution in [0.25, 0.3) is 0 Å². The van der Waals surface area contributed by atoms with Crippen LogP contribution in [0.3, 0.4) is 0 Å². The average molecular weight is 292 g/mol. The first-order valence-corrected chi connectivity index (χ1v) is 6.65. The van der Waals surface area contributed by atoms with Crippen molar-refractivity contribution in [1.29, 1.82) is 0 Å². The highest BCUT2D eigenvalue weighted by atomic mass is 19.2. The molecule has 0 aliphatic carbocycles. The zero-order valence-electron chi connectivity index (χ0n) is 11.8. The summed E-state index contributed by atoms with van der Waals surface area (Å²) in [6.45, 7) is 4.12. The molecule has 0 heterocycles. The number of ketones is 1. The van der Waals surface area contributed by atoms with Gasteiger partial charge in [-0.25, -0.2) is 13.2 Å². The third kappa shape index (κ3) is 3.51. The lowest BCUT2D eigenvalue weighted by Gasteiger charge is -2.07. The minimum absolute atomic E-state index is 0.0168. The van der Waals surface area contributed by atoms with Gasteiger partial charge in [0.25, 0.3) is 0 Å². The van der Waals surface area contributed by atoms with Crippen molar-refractivity contribution in [2.24, 2.45) is 0 Å². The van der Waals surface area contributed by atoms with Crippen LogP contribution in [0.4, 0.5) is 13.2 Å². The average Bonchev–Trinajstić information content (AvgIpc) is 2.44. The molecule has 21 heavy (non-hydrogen) atoms. The van der Waals surface area contributed by atoms with E-state index in [9.17, 15) is 18.0 Å². The second-order valence-electron chi connectivity index (χ2n) is 5.25. The lowest BCUT2D eigenvalue weighted by atomic mass is 9.98. The van der Waals surface area contributed by atoms with Crippen LogP contribution in [0, 0.1) is 17.5 Å². The van der Waals surface area contributed by atoms with Gasteiger partial charge in [0.2, 0.25) is 0 Å². The van der Waals surface area contributed by atoms with Gasteiger partial charge in [0, 0.05) is 12.0 Å². The predicted molar refractivity (Wildman–Crippen MR) is 74.9 cm³/mol. The van der Waals surface area contributed by atoms with E-state index in [2.05, 4.69) is 13.8 Å². The van der Waals surface area contributed by atoms with E-state index in [4.69, 9.17) is 0 Å². The van der Waals surface area contributed by atoms with Crippen LogP contribution < -0.4 is 0 Å². The fourth-order valence-electron chi connectivity index (χ4n) is 2.02. The fourth-order valence-corrected chi connectivity index (χ4v) is 2.02. The molecule has 0 saturated carbocycles. The maximum absolute atomic E-state index is 13.1. The molecule has 0 unspecified atom stereocenters. The summed E-state index contributed by atoms with van der Waals surface area (Å²) >= 11 is 0. The van der Waals surface area contributed by atoms with Crippen LogP contribution in [-0.2, 0) is 6.42 Å². The minimum atomic E-state index is -1.56. The second kappa shape index (κ2) is 6.12. The standard InChI is InChI=1S/C17H15F3O/c1-10(2)12-5-3-11(4-6-12)7-16(21)13-8-14(18)17(20)15(19)9-13/h3-6,8-10H,7H2,1-2H3. The van der Waals surface area contributed by atoms with Crippen molar-refractivity contribution in [2.45, 2.75) is 26.2 Å². The number of hydrogen-bond donors (Lipinski definition) is 0. The molecule has 2 aromatic carbocycles. The molecule has 2 rings (SSSR count). The molecule has 0 radical (unpaired) electrons. The first-order valence-electron chi connectivity index (χ1n) is 6.65. The van der Waals surface area contributed by atoms with Crippen LogP contribution in [0.15, 0.2) is 36.4 Å². The van der Waals surface area contributed by atoms with E-state index in [0.29, 0.717) is 5.92 Å². The summed E-state index contributed by atoms with van der Waals surface area (Å²) in [5.74, 6) is -4.34. The second-order valence-corrected chi connectivity index (χ2v) is 5.25. The lowest BCUT2D eigenvalue weighted by molar-refractivity contribution is 0.0992. The van der Waals surface area contributed by atoms with Crippen molar-refractivity contribution in [2.75, 3.05) is 0 Å². The SMILES string of the molecule is CC(C)c1ccc(CC(=O)c2cc(F)c(F)c(F)c2)cc1. The highest BCUT2D eigenvalue weighted by Crippen LogP contribution is 2.18. The van der Waals surface area contributed by atoms with Gasteiger partial charge in [-0.05, 0) is 29.2 Å². The Morgan fingerprint density at radius 2 is 1.52 bits per heavy atom.